The fourth-order valence-corrected chi connectivity index (χ4v) is 3.74. The number of amides is 3. The van der Waals surface area contributed by atoms with E-state index >= 15 is 0 Å². The highest BCUT2D eigenvalue weighted by Crippen LogP contribution is 2.35. The molecular weight excluding hydrogens is 419 g/mol. The van der Waals surface area contributed by atoms with E-state index in [-0.39, 0.29) is 23.4 Å². The average molecular weight is 442 g/mol. The van der Waals surface area contributed by atoms with Crippen molar-refractivity contribution in [3.05, 3.63) is 28.3 Å². The molecule has 0 spiro atoms. The number of nitrogens with two attached hydrogens (primary N) is 2. The summed E-state index contributed by atoms with van der Waals surface area (Å²) in [6, 6.07) is 0. The number of rotatable bonds is 5. The molecule has 2 heterocycles. The number of likely N-dealkylation sites (N-methyl/N-ethyl adjacent to an activating group) is 1. The minimum atomic E-state index is -4.64. The molecule has 168 valence electrons. The van der Waals surface area contributed by atoms with Crippen molar-refractivity contribution in [3.8, 4) is 0 Å². The van der Waals surface area contributed by atoms with Crippen LogP contribution in [0.5, 0.6) is 0 Å². The van der Waals surface area contributed by atoms with Crippen molar-refractivity contribution in [2.45, 2.75) is 38.4 Å². The Labute approximate surface area is 175 Å². The summed E-state index contributed by atoms with van der Waals surface area (Å²) in [4.78, 5) is 38.0. The summed E-state index contributed by atoms with van der Waals surface area (Å²) in [6.45, 7) is 0.295. The fourth-order valence-electron chi connectivity index (χ4n) is 3.74. The highest BCUT2D eigenvalue weighted by Gasteiger charge is 2.40. The number of nitrogens with zero attached hydrogens (tertiary/aromatic N) is 3. The van der Waals surface area contributed by atoms with E-state index in [4.69, 9.17) is 11.1 Å². The lowest BCUT2D eigenvalue weighted by atomic mass is 9.95. The van der Waals surface area contributed by atoms with Gasteiger partial charge in [-0.25, -0.2) is 0 Å². The third-order valence-corrected chi connectivity index (χ3v) is 5.24. The maximum atomic E-state index is 13.3. The molecule has 2 aliphatic rings. The normalized spacial score (nSPS) is 18.5. The van der Waals surface area contributed by atoms with E-state index in [2.05, 4.69) is 10.4 Å². The van der Waals surface area contributed by atoms with E-state index in [1.54, 1.807) is 0 Å². The molecule has 0 aromatic carbocycles. The first-order valence-electron chi connectivity index (χ1n) is 9.68. The Hall–Kier alpha value is -3.22. The SMILES string of the molecule is CN1CC[NH2+]C(=C(NC(=O)Cn2nc(C(F)(F)F)c3c2CCCC3)C(=N)C(N)=O)C1=O. The Kier molecular flexibility index (Phi) is 6.15. The van der Waals surface area contributed by atoms with E-state index < -0.39 is 41.8 Å². The highest BCUT2D eigenvalue weighted by atomic mass is 19.4. The molecule has 3 rings (SSSR count). The molecule has 3 amide bonds. The van der Waals surface area contributed by atoms with Crippen LogP contribution in [-0.2, 0) is 39.9 Å². The molecule has 1 saturated heterocycles. The minimum Gasteiger partial charge on any atom is -0.364 e. The van der Waals surface area contributed by atoms with E-state index in [0.29, 0.717) is 38.0 Å². The molecule has 0 atom stereocenters. The molecule has 1 aromatic heterocycles. The largest absolute Gasteiger partial charge is 0.435 e. The average Bonchev–Trinajstić information content (AvgIpc) is 3.07. The van der Waals surface area contributed by atoms with Crippen LogP contribution in [0, 0.1) is 5.41 Å². The van der Waals surface area contributed by atoms with Gasteiger partial charge in [0.15, 0.2) is 5.69 Å². The second-order valence-corrected chi connectivity index (χ2v) is 7.43. The number of hydrogen-bond acceptors (Lipinski definition) is 5. The molecule has 6 N–H and O–H groups in total. The second-order valence-electron chi connectivity index (χ2n) is 7.43. The van der Waals surface area contributed by atoms with Gasteiger partial charge in [0.05, 0.1) is 13.1 Å². The molecule has 0 saturated carbocycles. The van der Waals surface area contributed by atoms with Crippen LogP contribution in [0.15, 0.2) is 11.4 Å². The van der Waals surface area contributed by atoms with Gasteiger partial charge in [0, 0.05) is 18.3 Å². The first-order chi connectivity index (χ1) is 14.5. The Bertz CT molecular complexity index is 981. The van der Waals surface area contributed by atoms with E-state index in [1.807, 2.05) is 0 Å². The van der Waals surface area contributed by atoms with E-state index in [1.165, 1.54) is 17.3 Å². The van der Waals surface area contributed by atoms with Crippen molar-refractivity contribution in [2.75, 3.05) is 20.1 Å². The van der Waals surface area contributed by atoms with Crippen LogP contribution >= 0.6 is 0 Å². The standard InChI is InChI=1S/C18H22F3N7O3/c1-27-7-6-24-14(17(27)31)13(12(22)16(23)30)25-11(29)8-28-10-5-3-2-4-9(10)15(26-28)18(19,20)21/h22,24H,2-8H2,1H3,(H2,23,30)(H,25,29)/p+1. The number of piperazine rings is 1. The molecule has 0 radical (unpaired) electrons. The zero-order valence-corrected chi connectivity index (χ0v) is 16.8. The molecule has 0 unspecified atom stereocenters. The molecule has 1 aromatic rings. The summed E-state index contributed by atoms with van der Waals surface area (Å²) in [6.07, 6.45) is -2.78. The molecule has 31 heavy (non-hydrogen) atoms. The summed E-state index contributed by atoms with van der Waals surface area (Å²) < 4.78 is 41.0. The Morgan fingerprint density at radius 3 is 2.61 bits per heavy atom. The summed E-state index contributed by atoms with van der Waals surface area (Å²) in [5.74, 6) is -2.50. The Morgan fingerprint density at radius 1 is 1.29 bits per heavy atom. The number of fused-ring (bicyclic) bond motifs is 1. The van der Waals surface area contributed by atoms with Crippen LogP contribution in [0.3, 0.4) is 0 Å². The zero-order chi connectivity index (χ0) is 22.9. The van der Waals surface area contributed by atoms with Gasteiger partial charge in [-0.2, -0.15) is 18.3 Å². The maximum Gasteiger partial charge on any atom is 0.435 e. The molecule has 1 fully saturated rings. The summed E-state index contributed by atoms with van der Waals surface area (Å²) in [7, 11) is 1.53. The lowest BCUT2D eigenvalue weighted by Crippen LogP contribution is -2.89. The van der Waals surface area contributed by atoms with Crippen LogP contribution in [0.2, 0.25) is 0 Å². The number of quaternary nitrogens is 1. The monoisotopic (exact) mass is 442 g/mol. The second kappa shape index (κ2) is 8.49. The van der Waals surface area contributed by atoms with E-state index in [9.17, 15) is 27.6 Å². The number of halogens is 3. The van der Waals surface area contributed by atoms with Crippen molar-refractivity contribution >= 4 is 23.4 Å². The van der Waals surface area contributed by atoms with Crippen molar-refractivity contribution in [1.82, 2.24) is 20.0 Å². The summed E-state index contributed by atoms with van der Waals surface area (Å²) >= 11 is 0. The molecule has 1 aliphatic heterocycles. The van der Waals surface area contributed by atoms with Crippen molar-refractivity contribution in [1.29, 1.82) is 5.41 Å². The number of nitrogens with one attached hydrogen (secondary N) is 2. The van der Waals surface area contributed by atoms with Crippen molar-refractivity contribution in [2.24, 2.45) is 5.73 Å². The van der Waals surface area contributed by atoms with E-state index in [0.717, 1.165) is 4.68 Å². The quantitative estimate of drug-likeness (QED) is 0.329. The van der Waals surface area contributed by atoms with Gasteiger partial charge in [0.2, 0.25) is 11.6 Å². The van der Waals surface area contributed by atoms with Crippen LogP contribution in [0.4, 0.5) is 13.2 Å². The van der Waals surface area contributed by atoms with Crippen LogP contribution in [-0.4, -0.2) is 58.3 Å². The molecule has 0 bridgehead atoms. The molecular formula is C18H23F3N7O3+. The van der Waals surface area contributed by atoms with Crippen molar-refractivity contribution < 1.29 is 32.9 Å². The van der Waals surface area contributed by atoms with Gasteiger partial charge >= 0.3 is 12.1 Å². The third-order valence-electron chi connectivity index (χ3n) is 5.24. The van der Waals surface area contributed by atoms with Gasteiger partial charge in [0.25, 0.3) is 5.91 Å². The zero-order valence-electron chi connectivity index (χ0n) is 16.8. The molecule has 1 aliphatic carbocycles. The predicted molar refractivity (Wildman–Crippen MR) is 100 cm³/mol. The van der Waals surface area contributed by atoms with Gasteiger partial charge in [-0.3, -0.25) is 24.5 Å². The van der Waals surface area contributed by atoms with Crippen LogP contribution < -0.4 is 16.4 Å². The van der Waals surface area contributed by atoms with Gasteiger partial charge in [-0.1, -0.05) is 0 Å². The lowest BCUT2D eigenvalue weighted by Gasteiger charge is -2.24. The number of carbonyl (C=O) groups is 3. The number of alkyl halides is 3. The first kappa shape index (κ1) is 22.5. The van der Waals surface area contributed by atoms with Crippen molar-refractivity contribution in [3.63, 3.8) is 0 Å². The highest BCUT2D eigenvalue weighted by molar-refractivity contribution is 6.44. The Balaban J connectivity index is 1.91. The number of carbonyl (C=O) groups excluding carboxylic acids is 3. The Morgan fingerprint density at radius 2 is 1.97 bits per heavy atom. The first-order valence-corrected chi connectivity index (χ1v) is 9.68. The molecule has 10 nitrogen and oxygen atoms in total. The van der Waals surface area contributed by atoms with Gasteiger partial charge in [0.1, 0.15) is 18.0 Å². The number of hydrogen-bond donors (Lipinski definition) is 4. The predicted octanol–water partition coefficient (Wildman–Crippen LogP) is -1.35. The maximum absolute atomic E-state index is 13.3. The lowest BCUT2D eigenvalue weighted by molar-refractivity contribution is -0.606. The minimum absolute atomic E-state index is 0.0654. The number of aromatic nitrogens is 2. The fraction of sp³-hybridized carbons (Fsp3) is 0.500. The number of primary amides is 1. The molecule has 13 heteroatoms. The van der Waals surface area contributed by atoms with Crippen LogP contribution in [0.25, 0.3) is 0 Å². The summed E-state index contributed by atoms with van der Waals surface area (Å²) in [5, 5.41) is 15.3. The van der Waals surface area contributed by atoms with Gasteiger partial charge in [-0.15, -0.1) is 0 Å². The summed E-state index contributed by atoms with van der Waals surface area (Å²) in [5.41, 5.74) is 3.38. The topological polar surface area (TPSA) is 151 Å². The van der Waals surface area contributed by atoms with Crippen LogP contribution in [0.1, 0.15) is 29.8 Å². The van der Waals surface area contributed by atoms with Gasteiger partial charge in [-0.05, 0) is 25.7 Å². The van der Waals surface area contributed by atoms with Gasteiger partial charge < -0.3 is 21.3 Å². The smallest absolute Gasteiger partial charge is 0.364 e. The third kappa shape index (κ3) is 4.60.